The van der Waals surface area contributed by atoms with Crippen LogP contribution in [0, 0.1) is 0 Å². The Labute approximate surface area is 240 Å². The third kappa shape index (κ3) is 4.56. The number of hydrogen-bond donors (Lipinski definition) is 0. The monoisotopic (exact) mass is 728 g/mol. The number of nitrogens with zero attached hydrogens (tertiary/aromatic N) is 2. The first-order chi connectivity index (χ1) is 17.5. The van der Waals surface area contributed by atoms with Gasteiger partial charge in [-0.1, -0.05) is 44.0 Å². The van der Waals surface area contributed by atoms with Crippen LogP contribution in [0.3, 0.4) is 0 Å². The average molecular weight is 732 g/mol. The molecule has 0 spiro atoms. The predicted octanol–water partition coefficient (Wildman–Crippen LogP) is 10.3. The van der Waals surface area contributed by atoms with Crippen LogP contribution in [0.15, 0.2) is 112 Å². The van der Waals surface area contributed by atoms with Crippen molar-refractivity contribution in [1.29, 1.82) is 0 Å². The molecule has 3 heterocycles. The van der Waals surface area contributed by atoms with E-state index in [1.807, 2.05) is 78.9 Å². The van der Waals surface area contributed by atoms with Crippen LogP contribution in [0.5, 0.6) is 0 Å². The molecule has 0 aliphatic rings. The van der Waals surface area contributed by atoms with E-state index in [-0.39, 0.29) is 0 Å². The van der Waals surface area contributed by atoms with Gasteiger partial charge in [0.1, 0.15) is 17.3 Å². The van der Waals surface area contributed by atoms with Crippen molar-refractivity contribution in [2.75, 3.05) is 0 Å². The third-order valence-electron chi connectivity index (χ3n) is 5.85. The van der Waals surface area contributed by atoms with Gasteiger partial charge in [0.25, 0.3) is 0 Å². The lowest BCUT2D eigenvalue weighted by atomic mass is 10.2. The van der Waals surface area contributed by atoms with Crippen LogP contribution in [0.1, 0.15) is 5.76 Å². The molecule has 3 aromatic carbocycles. The molecule has 6 rings (SSSR count). The minimum Gasteiger partial charge on any atom is -0.459 e. The molecule has 0 N–H and O–H groups in total. The highest BCUT2D eigenvalue weighted by Gasteiger charge is 2.19. The minimum absolute atomic E-state index is 0.516. The summed E-state index contributed by atoms with van der Waals surface area (Å²) in [5.41, 5.74) is 3.88. The first kappa shape index (κ1) is 24.0. The maximum absolute atomic E-state index is 6.32. The van der Waals surface area contributed by atoms with E-state index in [0.29, 0.717) is 12.3 Å². The topological polar surface area (TPSA) is 44.1 Å². The Balaban J connectivity index is 1.39. The van der Waals surface area contributed by atoms with Gasteiger partial charge in [-0.05, 0) is 105 Å². The molecule has 0 aliphatic heterocycles. The number of rotatable bonds is 5. The zero-order valence-electron chi connectivity index (χ0n) is 18.5. The third-order valence-corrected chi connectivity index (χ3v) is 8.15. The van der Waals surface area contributed by atoms with Crippen LogP contribution in [0.4, 0.5) is 0 Å². The van der Waals surface area contributed by atoms with E-state index in [1.54, 1.807) is 0 Å². The molecule has 8 heteroatoms. The normalized spacial score (nSPS) is 11.4. The number of halogens is 4. The fourth-order valence-corrected chi connectivity index (χ4v) is 6.65. The standard InChI is InChI=1S/C28H16Br4N2O2/c29-16-5-8-19(21(31)13-16)25-10-7-18(35-25)15-34-24-4-2-1-3-23(24)33-28(34)27-12-11-26(36-27)20-9-6-17(30)14-22(20)32/h1-14H,15H2. The van der Waals surface area contributed by atoms with Gasteiger partial charge in [0.15, 0.2) is 11.6 Å². The molecule has 178 valence electrons. The summed E-state index contributed by atoms with van der Waals surface area (Å²) in [4.78, 5) is 4.91. The van der Waals surface area contributed by atoms with E-state index in [1.165, 1.54) is 0 Å². The van der Waals surface area contributed by atoms with Crippen molar-refractivity contribution in [3.63, 3.8) is 0 Å². The number of aromatic nitrogens is 2. The van der Waals surface area contributed by atoms with Gasteiger partial charge in [-0.25, -0.2) is 4.98 Å². The number of hydrogen-bond acceptors (Lipinski definition) is 3. The van der Waals surface area contributed by atoms with Crippen molar-refractivity contribution in [2.24, 2.45) is 0 Å². The van der Waals surface area contributed by atoms with Gasteiger partial charge in [0, 0.05) is 29.0 Å². The summed E-state index contributed by atoms with van der Waals surface area (Å²) < 4.78 is 18.6. The van der Waals surface area contributed by atoms with E-state index < -0.39 is 0 Å². The Morgan fingerprint density at radius 3 is 1.94 bits per heavy atom. The van der Waals surface area contributed by atoms with Crippen molar-refractivity contribution in [3.05, 3.63) is 109 Å². The quantitative estimate of drug-likeness (QED) is 0.177. The van der Waals surface area contributed by atoms with E-state index in [4.69, 9.17) is 13.8 Å². The summed E-state index contributed by atoms with van der Waals surface area (Å²) in [6.07, 6.45) is 0. The van der Waals surface area contributed by atoms with Gasteiger partial charge in [0.05, 0.1) is 17.6 Å². The molecule has 0 bridgehead atoms. The molecule has 4 nitrogen and oxygen atoms in total. The molecule has 36 heavy (non-hydrogen) atoms. The van der Waals surface area contributed by atoms with Gasteiger partial charge in [-0.2, -0.15) is 0 Å². The molecular formula is C28H16Br4N2O2. The second-order valence-corrected chi connectivity index (χ2v) is 11.7. The molecule has 0 atom stereocenters. The first-order valence-electron chi connectivity index (χ1n) is 11.0. The van der Waals surface area contributed by atoms with Crippen LogP contribution >= 0.6 is 63.7 Å². The Morgan fingerprint density at radius 2 is 1.25 bits per heavy atom. The Hall–Kier alpha value is -2.39. The van der Waals surface area contributed by atoms with Crippen molar-refractivity contribution in [3.8, 4) is 34.2 Å². The van der Waals surface area contributed by atoms with Crippen LogP contribution in [-0.2, 0) is 6.54 Å². The summed E-state index contributed by atoms with van der Waals surface area (Å²) in [5, 5.41) is 0. The molecule has 0 radical (unpaired) electrons. The fraction of sp³-hybridized carbons (Fsp3) is 0.0357. The highest BCUT2D eigenvalue weighted by atomic mass is 79.9. The second-order valence-electron chi connectivity index (χ2n) is 8.19. The predicted molar refractivity (Wildman–Crippen MR) is 157 cm³/mol. The fourth-order valence-electron chi connectivity index (χ4n) is 4.17. The number of furan rings is 2. The molecule has 0 saturated heterocycles. The van der Waals surface area contributed by atoms with E-state index in [0.717, 1.165) is 63.2 Å². The lowest BCUT2D eigenvalue weighted by Gasteiger charge is -2.07. The smallest absolute Gasteiger partial charge is 0.177 e. The van der Waals surface area contributed by atoms with Gasteiger partial charge < -0.3 is 13.4 Å². The van der Waals surface area contributed by atoms with E-state index in [9.17, 15) is 0 Å². The molecular weight excluding hydrogens is 716 g/mol. The number of fused-ring (bicyclic) bond motifs is 1. The zero-order chi connectivity index (χ0) is 24.8. The van der Waals surface area contributed by atoms with Gasteiger partial charge in [-0.3, -0.25) is 0 Å². The average Bonchev–Trinajstić information content (AvgIpc) is 3.59. The van der Waals surface area contributed by atoms with E-state index >= 15 is 0 Å². The van der Waals surface area contributed by atoms with Crippen molar-refractivity contribution in [2.45, 2.75) is 6.54 Å². The Bertz CT molecular complexity index is 1730. The molecule has 0 saturated carbocycles. The zero-order valence-corrected chi connectivity index (χ0v) is 24.9. The Morgan fingerprint density at radius 1 is 0.639 bits per heavy atom. The van der Waals surface area contributed by atoms with Crippen LogP contribution < -0.4 is 0 Å². The lowest BCUT2D eigenvalue weighted by molar-refractivity contribution is 0.506. The summed E-state index contributed by atoms with van der Waals surface area (Å²) in [5.74, 6) is 3.84. The first-order valence-corrected chi connectivity index (χ1v) is 14.2. The number of imidazole rings is 1. The van der Waals surface area contributed by atoms with Crippen molar-refractivity contribution in [1.82, 2.24) is 9.55 Å². The molecule has 0 amide bonds. The summed E-state index contributed by atoms with van der Waals surface area (Å²) in [6, 6.07) is 28.1. The van der Waals surface area contributed by atoms with E-state index in [2.05, 4.69) is 74.4 Å². The maximum atomic E-state index is 6.32. The maximum Gasteiger partial charge on any atom is 0.177 e. The SMILES string of the molecule is Brc1ccc(-c2ccc(Cn3c(-c4ccc(-c5ccc(Br)cc5Br)o4)nc4ccccc43)o2)c(Br)c1. The van der Waals surface area contributed by atoms with Gasteiger partial charge >= 0.3 is 0 Å². The number of benzene rings is 3. The molecule has 0 fully saturated rings. The Kier molecular flexibility index (Phi) is 6.54. The molecule has 0 unspecified atom stereocenters. The largest absolute Gasteiger partial charge is 0.459 e. The highest BCUT2D eigenvalue weighted by molar-refractivity contribution is 9.11. The van der Waals surface area contributed by atoms with Crippen molar-refractivity contribution < 1.29 is 8.83 Å². The minimum atomic E-state index is 0.516. The lowest BCUT2D eigenvalue weighted by Crippen LogP contribution is -2.00. The summed E-state index contributed by atoms with van der Waals surface area (Å²) in [7, 11) is 0. The van der Waals surface area contributed by atoms with Crippen molar-refractivity contribution >= 4 is 74.8 Å². The van der Waals surface area contributed by atoms with Gasteiger partial charge in [-0.15, -0.1) is 0 Å². The molecule has 3 aromatic heterocycles. The van der Waals surface area contributed by atoms with Crippen LogP contribution in [-0.4, -0.2) is 9.55 Å². The highest BCUT2D eigenvalue weighted by Crippen LogP contribution is 2.36. The van der Waals surface area contributed by atoms with Gasteiger partial charge in [0.2, 0.25) is 0 Å². The van der Waals surface area contributed by atoms with Crippen LogP contribution in [0.25, 0.3) is 45.3 Å². The summed E-state index contributed by atoms with van der Waals surface area (Å²) in [6.45, 7) is 0.516. The number of para-hydroxylation sites is 2. The second kappa shape index (κ2) is 9.82. The summed E-state index contributed by atoms with van der Waals surface area (Å²) >= 11 is 14.3. The molecule has 0 aliphatic carbocycles. The van der Waals surface area contributed by atoms with Crippen LogP contribution in [0.2, 0.25) is 0 Å². The molecule has 6 aromatic rings.